The number of aliphatic hydroxyl groups excluding tert-OH is 1. The van der Waals surface area contributed by atoms with E-state index in [2.05, 4.69) is 4.98 Å². The molecule has 1 unspecified atom stereocenters. The van der Waals surface area contributed by atoms with Gasteiger partial charge < -0.3 is 14.6 Å². The van der Waals surface area contributed by atoms with Crippen LogP contribution in [0.5, 0.6) is 11.5 Å². The summed E-state index contributed by atoms with van der Waals surface area (Å²) in [5, 5.41) is 11.7. The molecule has 0 aliphatic carbocycles. The Hall–Kier alpha value is -4.17. The van der Waals surface area contributed by atoms with Crippen LogP contribution in [0.3, 0.4) is 0 Å². The largest absolute Gasteiger partial charge is 0.507 e. The van der Waals surface area contributed by atoms with Gasteiger partial charge in [-0.25, -0.2) is 4.98 Å². The van der Waals surface area contributed by atoms with Crippen molar-refractivity contribution in [1.29, 1.82) is 0 Å². The minimum atomic E-state index is -0.867. The maximum absolute atomic E-state index is 13.4. The van der Waals surface area contributed by atoms with E-state index in [-0.39, 0.29) is 11.3 Å². The number of rotatable bonds is 6. The van der Waals surface area contributed by atoms with Crippen molar-refractivity contribution < 1.29 is 24.2 Å². The standard InChI is InChI=1S/C28H24N2O5S/c1-4-35-19-11-9-17(10-12-19)24-23(25(31)18-6-5-7-20(15-18)34-3)26(32)27(33)30(24)28-29-21-13-8-16(2)14-22(21)36-28/h5-15,24,31H,4H2,1-3H3/b25-23+. The second kappa shape index (κ2) is 9.47. The summed E-state index contributed by atoms with van der Waals surface area (Å²) in [4.78, 5) is 32.9. The van der Waals surface area contributed by atoms with E-state index in [4.69, 9.17) is 9.47 Å². The van der Waals surface area contributed by atoms with Crippen LogP contribution in [-0.2, 0) is 9.59 Å². The number of ketones is 1. The number of nitrogens with zero attached hydrogens (tertiary/aromatic N) is 2. The van der Waals surface area contributed by atoms with E-state index in [0.717, 1.165) is 15.8 Å². The van der Waals surface area contributed by atoms with Gasteiger partial charge in [-0.1, -0.05) is 41.7 Å². The third kappa shape index (κ3) is 4.09. The average molecular weight is 501 g/mol. The van der Waals surface area contributed by atoms with Crippen LogP contribution in [0.1, 0.15) is 29.7 Å². The van der Waals surface area contributed by atoms with E-state index in [1.165, 1.54) is 23.3 Å². The smallest absolute Gasteiger partial charge is 0.301 e. The van der Waals surface area contributed by atoms with Gasteiger partial charge in [0.2, 0.25) is 0 Å². The zero-order valence-electron chi connectivity index (χ0n) is 20.0. The molecule has 5 rings (SSSR count). The zero-order chi connectivity index (χ0) is 25.4. The van der Waals surface area contributed by atoms with Gasteiger partial charge in [-0.3, -0.25) is 14.5 Å². The van der Waals surface area contributed by atoms with Crippen molar-refractivity contribution in [2.24, 2.45) is 0 Å². The molecule has 1 saturated heterocycles. The van der Waals surface area contributed by atoms with E-state index in [0.29, 0.717) is 34.4 Å². The van der Waals surface area contributed by atoms with Crippen LogP contribution in [0, 0.1) is 6.92 Å². The van der Waals surface area contributed by atoms with E-state index in [9.17, 15) is 14.7 Å². The lowest BCUT2D eigenvalue weighted by molar-refractivity contribution is -0.132. The van der Waals surface area contributed by atoms with Gasteiger partial charge in [0.05, 0.1) is 35.5 Å². The number of Topliss-reactive ketones (excluding diaryl/α,β-unsaturated/α-hetero) is 1. The molecule has 7 nitrogen and oxygen atoms in total. The zero-order valence-corrected chi connectivity index (χ0v) is 20.8. The number of thiazole rings is 1. The maximum atomic E-state index is 13.4. The highest BCUT2D eigenvalue weighted by atomic mass is 32.1. The molecule has 1 aliphatic heterocycles. The van der Waals surface area contributed by atoms with Crippen molar-refractivity contribution in [3.05, 3.63) is 89.0 Å². The number of benzene rings is 3. The third-order valence-corrected chi connectivity index (χ3v) is 7.05. The fourth-order valence-corrected chi connectivity index (χ4v) is 5.40. The molecule has 1 amide bonds. The fourth-order valence-electron chi connectivity index (χ4n) is 4.31. The molecule has 1 aromatic heterocycles. The number of carbonyl (C=O) groups excluding carboxylic acids is 2. The van der Waals surface area contributed by atoms with E-state index in [1.54, 1.807) is 48.5 Å². The number of aliphatic hydroxyl groups is 1. The molecule has 0 bridgehead atoms. The Morgan fingerprint density at radius 2 is 1.83 bits per heavy atom. The van der Waals surface area contributed by atoms with Gasteiger partial charge in [-0.05, 0) is 61.4 Å². The predicted octanol–water partition coefficient (Wildman–Crippen LogP) is 5.64. The molecular formula is C28H24N2O5S. The van der Waals surface area contributed by atoms with Crippen LogP contribution in [0.15, 0.2) is 72.3 Å². The topological polar surface area (TPSA) is 89.0 Å². The summed E-state index contributed by atoms with van der Waals surface area (Å²) in [5.74, 6) is -0.599. The monoisotopic (exact) mass is 500 g/mol. The first-order valence-electron chi connectivity index (χ1n) is 11.5. The number of fused-ring (bicyclic) bond motifs is 1. The Balaban J connectivity index is 1.70. The Kier molecular flexibility index (Phi) is 6.20. The molecule has 1 fully saturated rings. The molecule has 1 aliphatic rings. The molecule has 36 heavy (non-hydrogen) atoms. The summed E-state index contributed by atoms with van der Waals surface area (Å²) in [7, 11) is 1.52. The number of methoxy groups -OCH3 is 1. The summed E-state index contributed by atoms with van der Waals surface area (Å²) in [5.41, 5.74) is 2.83. The first kappa shape index (κ1) is 23.6. The number of carbonyl (C=O) groups is 2. The minimum Gasteiger partial charge on any atom is -0.507 e. The third-order valence-electron chi connectivity index (χ3n) is 6.03. The number of hydrogen-bond acceptors (Lipinski definition) is 7. The molecule has 2 heterocycles. The summed E-state index contributed by atoms with van der Waals surface area (Å²) < 4.78 is 11.8. The summed E-state index contributed by atoms with van der Waals surface area (Å²) in [6.45, 7) is 4.39. The lowest BCUT2D eigenvalue weighted by atomic mass is 9.95. The number of ether oxygens (including phenoxy) is 2. The molecule has 1 N–H and O–H groups in total. The van der Waals surface area contributed by atoms with Crippen LogP contribution in [0.4, 0.5) is 5.13 Å². The molecule has 0 radical (unpaired) electrons. The summed E-state index contributed by atoms with van der Waals surface area (Å²) in [6, 6.07) is 18.9. The number of aromatic nitrogens is 1. The van der Waals surface area contributed by atoms with Crippen LogP contribution in [0.25, 0.3) is 16.0 Å². The van der Waals surface area contributed by atoms with Crippen LogP contribution in [0.2, 0.25) is 0 Å². The molecule has 3 aromatic carbocycles. The van der Waals surface area contributed by atoms with E-state index < -0.39 is 17.7 Å². The lowest BCUT2D eigenvalue weighted by Crippen LogP contribution is -2.29. The van der Waals surface area contributed by atoms with Crippen molar-refractivity contribution in [2.75, 3.05) is 18.6 Å². The van der Waals surface area contributed by atoms with Crippen LogP contribution < -0.4 is 14.4 Å². The van der Waals surface area contributed by atoms with Crippen molar-refractivity contribution in [3.8, 4) is 11.5 Å². The maximum Gasteiger partial charge on any atom is 0.301 e. The van der Waals surface area contributed by atoms with Gasteiger partial charge in [0.15, 0.2) is 5.13 Å². The van der Waals surface area contributed by atoms with E-state index >= 15 is 0 Å². The SMILES string of the molecule is CCOc1ccc(C2/C(=C(\O)c3cccc(OC)c3)C(=O)C(=O)N2c2nc3ccc(C)cc3s2)cc1. The van der Waals surface area contributed by atoms with Crippen molar-refractivity contribution in [2.45, 2.75) is 19.9 Å². The minimum absolute atomic E-state index is 0.00662. The molecule has 4 aromatic rings. The number of hydrogen-bond donors (Lipinski definition) is 1. The first-order chi connectivity index (χ1) is 17.4. The Labute approximate surface area is 212 Å². The fraction of sp³-hybridized carbons (Fsp3) is 0.179. The number of amides is 1. The molecule has 0 saturated carbocycles. The summed E-state index contributed by atoms with van der Waals surface area (Å²) >= 11 is 1.33. The molecule has 8 heteroatoms. The normalized spacial score (nSPS) is 17.1. The average Bonchev–Trinajstić information content (AvgIpc) is 3.42. The highest BCUT2D eigenvalue weighted by Crippen LogP contribution is 2.44. The summed E-state index contributed by atoms with van der Waals surface area (Å²) in [6.07, 6.45) is 0. The predicted molar refractivity (Wildman–Crippen MR) is 140 cm³/mol. The van der Waals surface area contributed by atoms with Crippen LogP contribution >= 0.6 is 11.3 Å². The van der Waals surface area contributed by atoms with Gasteiger partial charge in [0, 0.05) is 5.56 Å². The number of aryl methyl sites for hydroxylation is 1. The van der Waals surface area contributed by atoms with Gasteiger partial charge in [-0.2, -0.15) is 0 Å². The Morgan fingerprint density at radius 3 is 2.56 bits per heavy atom. The molecular weight excluding hydrogens is 476 g/mol. The number of anilines is 1. The molecule has 182 valence electrons. The van der Waals surface area contributed by atoms with Crippen molar-refractivity contribution >= 4 is 44.1 Å². The first-order valence-corrected chi connectivity index (χ1v) is 12.3. The van der Waals surface area contributed by atoms with Gasteiger partial charge in [-0.15, -0.1) is 0 Å². The highest BCUT2D eigenvalue weighted by Gasteiger charge is 2.48. The molecule has 1 atom stereocenters. The van der Waals surface area contributed by atoms with Gasteiger partial charge in [0.25, 0.3) is 5.78 Å². The second-order valence-corrected chi connectivity index (χ2v) is 9.38. The lowest BCUT2D eigenvalue weighted by Gasteiger charge is -2.23. The van der Waals surface area contributed by atoms with Gasteiger partial charge in [0.1, 0.15) is 17.3 Å². The van der Waals surface area contributed by atoms with Crippen molar-refractivity contribution in [3.63, 3.8) is 0 Å². The Morgan fingerprint density at radius 1 is 1.06 bits per heavy atom. The van der Waals surface area contributed by atoms with Crippen LogP contribution in [-0.4, -0.2) is 35.5 Å². The highest BCUT2D eigenvalue weighted by molar-refractivity contribution is 7.22. The van der Waals surface area contributed by atoms with E-state index in [1.807, 2.05) is 32.0 Å². The quantitative estimate of drug-likeness (QED) is 0.209. The molecule has 0 spiro atoms. The van der Waals surface area contributed by atoms with Crippen molar-refractivity contribution in [1.82, 2.24) is 4.98 Å². The van der Waals surface area contributed by atoms with Gasteiger partial charge >= 0.3 is 5.91 Å². The Bertz CT molecular complexity index is 1510. The second-order valence-electron chi connectivity index (χ2n) is 8.37.